The fourth-order valence-corrected chi connectivity index (χ4v) is 3.40. The van der Waals surface area contributed by atoms with Gasteiger partial charge in [-0.15, -0.1) is 0 Å². The van der Waals surface area contributed by atoms with Crippen LogP contribution in [0.2, 0.25) is 0 Å². The van der Waals surface area contributed by atoms with Crippen LogP contribution >= 0.6 is 11.6 Å². The smallest absolute Gasteiger partial charge is 0.255 e. The van der Waals surface area contributed by atoms with Gasteiger partial charge in [-0.1, -0.05) is 70.3 Å². The van der Waals surface area contributed by atoms with Crippen molar-refractivity contribution in [2.75, 3.05) is 37.4 Å². The van der Waals surface area contributed by atoms with Crippen LogP contribution in [0.15, 0.2) is 59.6 Å². The summed E-state index contributed by atoms with van der Waals surface area (Å²) >= 11 is 5.32. The Balaban J connectivity index is 0.000000725. The topological polar surface area (TPSA) is 44.4 Å². The van der Waals surface area contributed by atoms with Crippen LogP contribution in [0.3, 0.4) is 0 Å². The average Bonchev–Trinajstić information content (AvgIpc) is 3.41. The summed E-state index contributed by atoms with van der Waals surface area (Å²) in [7, 11) is 3.75. The molecule has 1 saturated heterocycles. The van der Waals surface area contributed by atoms with Gasteiger partial charge in [-0.25, -0.2) is 0 Å². The molecule has 5 heteroatoms. The lowest BCUT2D eigenvalue weighted by molar-refractivity contribution is 0.102. The Morgan fingerprint density at radius 1 is 1.00 bits per heavy atom. The van der Waals surface area contributed by atoms with Crippen molar-refractivity contribution in [1.29, 1.82) is 0 Å². The highest BCUT2D eigenvalue weighted by molar-refractivity contribution is 6.29. The minimum atomic E-state index is -0.0587. The van der Waals surface area contributed by atoms with Crippen LogP contribution in [0.5, 0.6) is 0 Å². The number of rotatable bonds is 6. The van der Waals surface area contributed by atoms with Crippen molar-refractivity contribution in [2.24, 2.45) is 5.92 Å². The van der Waals surface area contributed by atoms with E-state index < -0.39 is 0 Å². The number of benzene rings is 2. The SMILES string of the molecule is C/C=C(\C)Cl.CCCC(C)C.CCc1ccc(C(=O)Nc2ccc(N3CCCC3)cc2)cc1.CNC. The highest BCUT2D eigenvalue weighted by atomic mass is 35.5. The van der Waals surface area contributed by atoms with Gasteiger partial charge in [-0.3, -0.25) is 4.79 Å². The van der Waals surface area contributed by atoms with Crippen molar-refractivity contribution in [1.82, 2.24) is 5.32 Å². The molecule has 1 fully saturated rings. The second kappa shape index (κ2) is 20.8. The number of amides is 1. The molecule has 0 spiro atoms. The van der Waals surface area contributed by atoms with Crippen molar-refractivity contribution < 1.29 is 4.79 Å². The van der Waals surface area contributed by atoms with E-state index in [-0.39, 0.29) is 5.91 Å². The molecule has 3 rings (SSSR count). The second-order valence-corrected chi connectivity index (χ2v) is 9.90. The number of carbonyl (C=O) groups is 1. The van der Waals surface area contributed by atoms with Gasteiger partial charge in [-0.05, 0) is 95.1 Å². The van der Waals surface area contributed by atoms with Gasteiger partial charge in [0.05, 0.1) is 0 Å². The van der Waals surface area contributed by atoms with E-state index in [4.69, 9.17) is 11.6 Å². The Kier molecular flexibility index (Phi) is 19.5. The maximum atomic E-state index is 12.2. The summed E-state index contributed by atoms with van der Waals surface area (Å²) in [6, 6.07) is 15.9. The Labute approximate surface area is 226 Å². The molecule has 0 saturated carbocycles. The average molecular weight is 516 g/mol. The third-order valence-corrected chi connectivity index (χ3v) is 5.70. The van der Waals surface area contributed by atoms with Crippen LogP contribution in [0.1, 0.15) is 83.1 Å². The lowest BCUT2D eigenvalue weighted by Gasteiger charge is -2.17. The van der Waals surface area contributed by atoms with Gasteiger partial charge in [-0.2, -0.15) is 0 Å². The van der Waals surface area contributed by atoms with E-state index >= 15 is 0 Å². The Morgan fingerprint density at radius 3 is 1.86 bits per heavy atom. The van der Waals surface area contributed by atoms with Gasteiger partial charge in [0.1, 0.15) is 0 Å². The number of allylic oxidation sites excluding steroid dienone is 2. The van der Waals surface area contributed by atoms with Crippen LogP contribution in [0.25, 0.3) is 0 Å². The number of hydrogen-bond acceptors (Lipinski definition) is 3. The Hall–Kier alpha value is -2.30. The van der Waals surface area contributed by atoms with E-state index in [2.05, 4.69) is 55.4 Å². The molecule has 2 aromatic rings. The van der Waals surface area contributed by atoms with Gasteiger partial charge in [0, 0.05) is 35.1 Å². The first-order chi connectivity index (χ1) is 17.2. The van der Waals surface area contributed by atoms with Gasteiger partial charge in [0.15, 0.2) is 0 Å². The zero-order chi connectivity index (χ0) is 27.3. The van der Waals surface area contributed by atoms with Crippen molar-refractivity contribution in [2.45, 2.75) is 73.6 Å². The molecule has 1 heterocycles. The molecule has 0 aliphatic carbocycles. The molecular weight excluding hydrogens is 466 g/mol. The minimum Gasteiger partial charge on any atom is -0.372 e. The molecule has 4 nitrogen and oxygen atoms in total. The minimum absolute atomic E-state index is 0.0587. The normalized spacial score (nSPS) is 12.5. The first-order valence-electron chi connectivity index (χ1n) is 13.3. The second-order valence-electron chi connectivity index (χ2n) is 9.30. The van der Waals surface area contributed by atoms with Crippen molar-refractivity contribution in [3.63, 3.8) is 0 Å². The van der Waals surface area contributed by atoms with E-state index in [1.54, 1.807) is 0 Å². The monoisotopic (exact) mass is 515 g/mol. The number of aryl methyl sites for hydroxylation is 1. The summed E-state index contributed by atoms with van der Waals surface area (Å²) in [5.41, 5.74) is 4.02. The highest BCUT2D eigenvalue weighted by Gasteiger charge is 2.12. The first-order valence-corrected chi connectivity index (χ1v) is 13.7. The Morgan fingerprint density at radius 2 is 1.50 bits per heavy atom. The zero-order valence-corrected chi connectivity index (χ0v) is 24.7. The molecule has 1 amide bonds. The van der Waals surface area contributed by atoms with Crippen LogP contribution in [0, 0.1) is 5.92 Å². The highest BCUT2D eigenvalue weighted by Crippen LogP contribution is 2.22. The zero-order valence-electron chi connectivity index (χ0n) is 24.0. The van der Waals surface area contributed by atoms with Crippen LogP contribution in [-0.2, 0) is 6.42 Å². The number of nitrogens with one attached hydrogen (secondary N) is 2. The molecule has 0 bridgehead atoms. The molecule has 0 radical (unpaired) electrons. The summed E-state index contributed by atoms with van der Waals surface area (Å²) in [5, 5.41) is 6.56. The predicted octanol–water partition coefficient (Wildman–Crippen LogP) is 8.53. The van der Waals surface area contributed by atoms with Crippen molar-refractivity contribution >= 4 is 28.9 Å². The number of hydrogen-bond donors (Lipinski definition) is 2. The summed E-state index contributed by atoms with van der Waals surface area (Å²) in [4.78, 5) is 14.6. The number of halogens is 1. The van der Waals surface area contributed by atoms with Gasteiger partial charge in [0.2, 0.25) is 0 Å². The molecule has 202 valence electrons. The summed E-state index contributed by atoms with van der Waals surface area (Å²) in [6.45, 7) is 14.9. The standard InChI is InChI=1S/C19H22N2O.C6H14.C4H7Cl.C2H7N/c1-2-15-5-7-16(8-6-15)19(22)20-17-9-11-18(12-10-17)21-13-3-4-14-21;1-4-5-6(2)3;1-3-4(2)5;1-3-2/h5-12H,2-4,13-14H2,1H3,(H,20,22);6H,4-5H2,1-3H3;3H,1-2H3;3H,1-2H3/b;;4-3+;. The van der Waals surface area contributed by atoms with E-state index in [0.717, 1.165) is 36.1 Å². The predicted molar refractivity (Wildman–Crippen MR) is 162 cm³/mol. The van der Waals surface area contributed by atoms with Crippen LogP contribution in [0.4, 0.5) is 11.4 Å². The van der Waals surface area contributed by atoms with Crippen LogP contribution < -0.4 is 15.5 Å². The maximum Gasteiger partial charge on any atom is 0.255 e. The molecule has 0 aromatic heterocycles. The summed E-state index contributed by atoms with van der Waals surface area (Å²) < 4.78 is 0. The number of nitrogens with zero attached hydrogens (tertiary/aromatic N) is 1. The first kappa shape index (κ1) is 33.7. The summed E-state index contributed by atoms with van der Waals surface area (Å²) in [5.74, 6) is 0.839. The molecule has 2 aromatic carbocycles. The molecular formula is C31H50ClN3O. The molecule has 1 aliphatic heterocycles. The van der Waals surface area contributed by atoms with Crippen molar-refractivity contribution in [3.05, 3.63) is 70.8 Å². The maximum absolute atomic E-state index is 12.2. The third kappa shape index (κ3) is 15.6. The molecule has 36 heavy (non-hydrogen) atoms. The Bertz CT molecular complexity index is 835. The lowest BCUT2D eigenvalue weighted by Crippen LogP contribution is -2.17. The fraction of sp³-hybridized carbons (Fsp3) is 0.516. The van der Waals surface area contributed by atoms with E-state index in [0.29, 0.717) is 5.56 Å². The summed E-state index contributed by atoms with van der Waals surface area (Å²) in [6.07, 6.45) is 8.08. The van der Waals surface area contributed by atoms with E-state index in [1.807, 2.05) is 70.4 Å². The lowest BCUT2D eigenvalue weighted by atomic mass is 10.1. The van der Waals surface area contributed by atoms with Crippen LogP contribution in [-0.4, -0.2) is 33.1 Å². The molecule has 1 aliphatic rings. The van der Waals surface area contributed by atoms with Gasteiger partial charge < -0.3 is 15.5 Å². The van der Waals surface area contributed by atoms with Gasteiger partial charge in [0.25, 0.3) is 5.91 Å². The van der Waals surface area contributed by atoms with E-state index in [9.17, 15) is 4.79 Å². The van der Waals surface area contributed by atoms with Gasteiger partial charge >= 0.3 is 0 Å². The molecule has 0 unspecified atom stereocenters. The molecule has 2 N–H and O–H groups in total. The fourth-order valence-electron chi connectivity index (χ4n) is 3.40. The van der Waals surface area contributed by atoms with Crippen molar-refractivity contribution in [3.8, 4) is 0 Å². The van der Waals surface area contributed by atoms with E-state index in [1.165, 1.54) is 36.9 Å². The number of carbonyl (C=O) groups excluding carboxylic acids is 1. The quantitative estimate of drug-likeness (QED) is 0.405. The third-order valence-electron chi connectivity index (χ3n) is 5.48. The number of anilines is 2. The molecule has 0 atom stereocenters. The largest absolute Gasteiger partial charge is 0.372 e.